The van der Waals surface area contributed by atoms with Gasteiger partial charge in [0.1, 0.15) is 5.82 Å². The van der Waals surface area contributed by atoms with Crippen molar-refractivity contribution in [2.75, 3.05) is 0 Å². The van der Waals surface area contributed by atoms with E-state index in [1.807, 2.05) is 17.7 Å². The van der Waals surface area contributed by atoms with E-state index in [1.165, 1.54) is 6.07 Å². The van der Waals surface area contributed by atoms with Gasteiger partial charge in [-0.2, -0.15) is 5.10 Å². The normalized spacial score (nSPS) is 10.9. The molecule has 1 aromatic heterocycles. The van der Waals surface area contributed by atoms with Crippen LogP contribution in [0, 0.1) is 12.7 Å². The Morgan fingerprint density at radius 2 is 2.17 bits per heavy atom. The van der Waals surface area contributed by atoms with Crippen LogP contribution in [0.15, 0.2) is 24.4 Å². The molecule has 3 nitrogen and oxygen atoms in total. The van der Waals surface area contributed by atoms with Gasteiger partial charge in [0.05, 0.1) is 6.20 Å². The number of nitrogens with two attached hydrogens (primary N) is 1. The lowest BCUT2D eigenvalue weighted by Crippen LogP contribution is -2.01. The fraction of sp³-hybridized carbons (Fsp3) is 0.357. The molecule has 18 heavy (non-hydrogen) atoms. The fourth-order valence-corrected chi connectivity index (χ4v) is 2.05. The predicted octanol–water partition coefficient (Wildman–Crippen LogP) is 2.87. The standard InChI is InChI=1S/C14H18FN3/c1-3-6-18-10(2)13(9-17-18)11-4-5-12(8-16)14(15)7-11/h4-5,7,9H,3,6,8,16H2,1-2H3. The SMILES string of the molecule is CCCn1ncc(-c2ccc(CN)c(F)c2)c1C. The van der Waals surface area contributed by atoms with Crippen molar-refractivity contribution in [3.05, 3.63) is 41.5 Å². The maximum absolute atomic E-state index is 13.7. The largest absolute Gasteiger partial charge is 0.326 e. The molecule has 0 aliphatic heterocycles. The van der Waals surface area contributed by atoms with Crippen LogP contribution in [0.2, 0.25) is 0 Å². The zero-order valence-corrected chi connectivity index (χ0v) is 10.8. The summed E-state index contributed by atoms with van der Waals surface area (Å²) in [6.45, 7) is 5.22. The molecule has 0 saturated heterocycles. The van der Waals surface area contributed by atoms with Crippen molar-refractivity contribution < 1.29 is 4.39 Å². The molecule has 0 amide bonds. The van der Waals surface area contributed by atoms with Crippen molar-refractivity contribution in [1.82, 2.24) is 9.78 Å². The topological polar surface area (TPSA) is 43.8 Å². The lowest BCUT2D eigenvalue weighted by Gasteiger charge is -2.06. The van der Waals surface area contributed by atoms with E-state index in [2.05, 4.69) is 12.0 Å². The summed E-state index contributed by atoms with van der Waals surface area (Å²) >= 11 is 0. The first kappa shape index (κ1) is 12.8. The fourth-order valence-electron chi connectivity index (χ4n) is 2.05. The molecule has 4 heteroatoms. The molecule has 0 atom stereocenters. The quantitative estimate of drug-likeness (QED) is 0.902. The molecule has 2 aromatic rings. The van der Waals surface area contributed by atoms with Crippen molar-refractivity contribution in [3.8, 4) is 11.1 Å². The van der Waals surface area contributed by atoms with Gasteiger partial charge in [-0.25, -0.2) is 4.39 Å². The van der Waals surface area contributed by atoms with E-state index >= 15 is 0 Å². The van der Waals surface area contributed by atoms with Crippen molar-refractivity contribution in [1.29, 1.82) is 0 Å². The molecular formula is C14H18FN3. The average molecular weight is 247 g/mol. The lowest BCUT2D eigenvalue weighted by molar-refractivity contribution is 0.587. The van der Waals surface area contributed by atoms with Gasteiger partial charge in [0.25, 0.3) is 0 Å². The van der Waals surface area contributed by atoms with Gasteiger partial charge in [-0.05, 0) is 25.0 Å². The summed E-state index contributed by atoms with van der Waals surface area (Å²) in [5, 5.41) is 4.32. The second-order valence-electron chi connectivity index (χ2n) is 4.38. The summed E-state index contributed by atoms with van der Waals surface area (Å²) in [4.78, 5) is 0. The summed E-state index contributed by atoms with van der Waals surface area (Å²) in [6.07, 6.45) is 2.82. The number of aromatic nitrogens is 2. The highest BCUT2D eigenvalue weighted by Gasteiger charge is 2.10. The molecular weight excluding hydrogens is 229 g/mol. The summed E-state index contributed by atoms with van der Waals surface area (Å²) in [7, 11) is 0. The summed E-state index contributed by atoms with van der Waals surface area (Å²) in [5.41, 5.74) is 8.89. The van der Waals surface area contributed by atoms with Gasteiger partial charge in [0, 0.05) is 29.9 Å². The Kier molecular flexibility index (Phi) is 3.77. The van der Waals surface area contributed by atoms with Gasteiger partial charge in [0.15, 0.2) is 0 Å². The first-order valence-electron chi connectivity index (χ1n) is 6.18. The van der Waals surface area contributed by atoms with E-state index in [0.29, 0.717) is 5.56 Å². The molecule has 2 N–H and O–H groups in total. The molecule has 0 saturated carbocycles. The minimum Gasteiger partial charge on any atom is -0.326 e. The zero-order valence-electron chi connectivity index (χ0n) is 10.8. The Morgan fingerprint density at radius 1 is 1.39 bits per heavy atom. The molecule has 0 fully saturated rings. The highest BCUT2D eigenvalue weighted by molar-refractivity contribution is 5.65. The maximum Gasteiger partial charge on any atom is 0.128 e. The monoisotopic (exact) mass is 247 g/mol. The van der Waals surface area contributed by atoms with Gasteiger partial charge in [-0.15, -0.1) is 0 Å². The average Bonchev–Trinajstić information content (AvgIpc) is 2.72. The van der Waals surface area contributed by atoms with Crippen LogP contribution in [0.25, 0.3) is 11.1 Å². The molecule has 0 unspecified atom stereocenters. The van der Waals surface area contributed by atoms with Crippen molar-refractivity contribution in [2.45, 2.75) is 33.4 Å². The van der Waals surface area contributed by atoms with E-state index in [1.54, 1.807) is 12.3 Å². The van der Waals surface area contributed by atoms with Crippen LogP contribution in [0.5, 0.6) is 0 Å². The molecule has 1 heterocycles. The van der Waals surface area contributed by atoms with E-state index in [4.69, 9.17) is 5.73 Å². The van der Waals surface area contributed by atoms with Crippen molar-refractivity contribution in [2.24, 2.45) is 5.73 Å². The number of hydrogen-bond donors (Lipinski definition) is 1. The molecule has 1 aromatic carbocycles. The molecule has 0 spiro atoms. The second-order valence-corrected chi connectivity index (χ2v) is 4.38. The summed E-state index contributed by atoms with van der Waals surface area (Å²) < 4.78 is 15.7. The molecule has 0 aliphatic rings. The van der Waals surface area contributed by atoms with Gasteiger partial charge in [-0.3, -0.25) is 4.68 Å². The highest BCUT2D eigenvalue weighted by atomic mass is 19.1. The minimum absolute atomic E-state index is 0.222. The van der Waals surface area contributed by atoms with Gasteiger partial charge < -0.3 is 5.73 Å². The third-order valence-electron chi connectivity index (χ3n) is 3.12. The van der Waals surface area contributed by atoms with Crippen LogP contribution in [0.4, 0.5) is 4.39 Å². The first-order valence-corrected chi connectivity index (χ1v) is 6.18. The smallest absolute Gasteiger partial charge is 0.128 e. The molecule has 0 radical (unpaired) electrons. The highest BCUT2D eigenvalue weighted by Crippen LogP contribution is 2.25. The third kappa shape index (κ3) is 2.29. The van der Waals surface area contributed by atoms with Crippen LogP contribution in [0.3, 0.4) is 0 Å². The Labute approximate surface area is 106 Å². The number of hydrogen-bond acceptors (Lipinski definition) is 2. The zero-order chi connectivity index (χ0) is 13.1. The first-order chi connectivity index (χ1) is 8.67. The maximum atomic E-state index is 13.7. The number of rotatable bonds is 4. The van der Waals surface area contributed by atoms with E-state index in [9.17, 15) is 4.39 Å². The number of halogens is 1. The van der Waals surface area contributed by atoms with Crippen LogP contribution in [0.1, 0.15) is 24.6 Å². The van der Waals surface area contributed by atoms with E-state index in [-0.39, 0.29) is 12.4 Å². The molecule has 2 rings (SSSR count). The Morgan fingerprint density at radius 3 is 2.78 bits per heavy atom. The molecule has 0 bridgehead atoms. The van der Waals surface area contributed by atoms with Crippen LogP contribution < -0.4 is 5.73 Å². The third-order valence-corrected chi connectivity index (χ3v) is 3.12. The lowest BCUT2D eigenvalue weighted by atomic mass is 10.0. The number of aryl methyl sites for hydroxylation is 1. The number of nitrogens with zero attached hydrogens (tertiary/aromatic N) is 2. The Hall–Kier alpha value is -1.68. The van der Waals surface area contributed by atoms with Gasteiger partial charge in [0.2, 0.25) is 0 Å². The Balaban J connectivity index is 2.39. The van der Waals surface area contributed by atoms with Crippen LogP contribution in [-0.2, 0) is 13.1 Å². The molecule has 96 valence electrons. The molecule has 0 aliphatic carbocycles. The second kappa shape index (κ2) is 5.31. The number of benzene rings is 1. The Bertz CT molecular complexity index is 546. The van der Waals surface area contributed by atoms with Crippen LogP contribution >= 0.6 is 0 Å². The van der Waals surface area contributed by atoms with E-state index in [0.717, 1.165) is 29.8 Å². The summed E-state index contributed by atoms with van der Waals surface area (Å²) in [6, 6.07) is 5.16. The predicted molar refractivity (Wildman–Crippen MR) is 70.5 cm³/mol. The van der Waals surface area contributed by atoms with Gasteiger partial charge >= 0.3 is 0 Å². The minimum atomic E-state index is -0.252. The summed E-state index contributed by atoms with van der Waals surface area (Å²) in [5.74, 6) is -0.252. The van der Waals surface area contributed by atoms with Crippen LogP contribution in [-0.4, -0.2) is 9.78 Å². The van der Waals surface area contributed by atoms with Crippen molar-refractivity contribution in [3.63, 3.8) is 0 Å². The van der Waals surface area contributed by atoms with E-state index < -0.39 is 0 Å². The van der Waals surface area contributed by atoms with Crippen molar-refractivity contribution >= 4 is 0 Å². The van der Waals surface area contributed by atoms with Gasteiger partial charge in [-0.1, -0.05) is 19.1 Å².